The Morgan fingerprint density at radius 2 is 2.25 bits per heavy atom. The van der Waals surface area contributed by atoms with E-state index in [-0.39, 0.29) is 5.82 Å². The van der Waals surface area contributed by atoms with Crippen LogP contribution in [0.1, 0.15) is 12.5 Å². The normalized spacial score (nSPS) is 27.2. The molecular weight excluding hydrogens is 179 g/mol. The third kappa shape index (κ3) is 1.21. The standard InChI is InChI=1S/C9H8ClFO/c1-9(5-12-9)7-3-2-6(10)4-8(7)11/h2-4H,5H2,1H3. The SMILES string of the molecule is CC1(c2ccc(Cl)cc2F)CO1. The molecule has 1 nitrogen and oxygen atoms in total. The van der Waals surface area contributed by atoms with Gasteiger partial charge in [-0.15, -0.1) is 0 Å². The summed E-state index contributed by atoms with van der Waals surface area (Å²) in [6.07, 6.45) is 0. The minimum Gasteiger partial charge on any atom is -0.365 e. The van der Waals surface area contributed by atoms with E-state index in [0.717, 1.165) is 0 Å². The third-order valence-corrected chi connectivity index (χ3v) is 2.31. The highest BCUT2D eigenvalue weighted by Gasteiger charge is 2.43. The number of rotatable bonds is 1. The smallest absolute Gasteiger partial charge is 0.130 e. The molecule has 1 heterocycles. The van der Waals surface area contributed by atoms with Gasteiger partial charge in [-0.3, -0.25) is 0 Å². The van der Waals surface area contributed by atoms with Gasteiger partial charge >= 0.3 is 0 Å². The van der Waals surface area contributed by atoms with Crippen LogP contribution in [0.25, 0.3) is 0 Å². The lowest BCUT2D eigenvalue weighted by Crippen LogP contribution is -2.04. The monoisotopic (exact) mass is 186 g/mol. The highest BCUT2D eigenvalue weighted by atomic mass is 35.5. The lowest BCUT2D eigenvalue weighted by Gasteiger charge is -2.06. The second-order valence-electron chi connectivity index (χ2n) is 3.14. The fourth-order valence-electron chi connectivity index (χ4n) is 1.18. The van der Waals surface area contributed by atoms with Crippen LogP contribution < -0.4 is 0 Å². The summed E-state index contributed by atoms with van der Waals surface area (Å²) in [5.41, 5.74) is 0.182. The highest BCUT2D eigenvalue weighted by molar-refractivity contribution is 6.30. The Morgan fingerprint density at radius 1 is 1.58 bits per heavy atom. The predicted molar refractivity (Wildman–Crippen MR) is 44.7 cm³/mol. The van der Waals surface area contributed by atoms with Gasteiger partial charge in [-0.05, 0) is 19.1 Å². The molecule has 0 saturated carbocycles. The zero-order chi connectivity index (χ0) is 8.77. The molecule has 1 aromatic carbocycles. The van der Waals surface area contributed by atoms with Crippen LogP contribution in [0.3, 0.4) is 0 Å². The van der Waals surface area contributed by atoms with Crippen molar-refractivity contribution in [2.45, 2.75) is 12.5 Å². The Hall–Kier alpha value is -0.600. The summed E-state index contributed by atoms with van der Waals surface area (Å²) in [5.74, 6) is -0.289. The van der Waals surface area contributed by atoms with Crippen LogP contribution in [0, 0.1) is 5.82 Å². The second-order valence-corrected chi connectivity index (χ2v) is 3.58. The number of benzene rings is 1. The molecule has 3 heteroatoms. The number of epoxide rings is 1. The molecule has 1 unspecified atom stereocenters. The van der Waals surface area contributed by atoms with Gasteiger partial charge in [-0.2, -0.15) is 0 Å². The van der Waals surface area contributed by atoms with E-state index < -0.39 is 5.60 Å². The number of hydrogen-bond acceptors (Lipinski definition) is 1. The van der Waals surface area contributed by atoms with Gasteiger partial charge in [0.15, 0.2) is 0 Å². The first-order valence-electron chi connectivity index (χ1n) is 3.71. The fourth-order valence-corrected chi connectivity index (χ4v) is 1.34. The van der Waals surface area contributed by atoms with E-state index in [1.807, 2.05) is 6.92 Å². The fraction of sp³-hybridized carbons (Fsp3) is 0.333. The van der Waals surface area contributed by atoms with E-state index in [4.69, 9.17) is 16.3 Å². The third-order valence-electron chi connectivity index (χ3n) is 2.08. The molecule has 1 saturated heterocycles. The molecule has 0 bridgehead atoms. The first-order chi connectivity index (χ1) is 5.62. The van der Waals surface area contributed by atoms with Gasteiger partial charge in [-0.1, -0.05) is 17.7 Å². The molecule has 64 valence electrons. The van der Waals surface area contributed by atoms with E-state index >= 15 is 0 Å². The lowest BCUT2D eigenvalue weighted by molar-refractivity contribution is 0.321. The molecule has 0 spiro atoms. The van der Waals surface area contributed by atoms with Crippen molar-refractivity contribution in [1.29, 1.82) is 0 Å². The van der Waals surface area contributed by atoms with Crippen molar-refractivity contribution in [2.75, 3.05) is 6.61 Å². The molecule has 2 rings (SSSR count). The summed E-state index contributed by atoms with van der Waals surface area (Å²) >= 11 is 5.61. The van der Waals surface area contributed by atoms with Crippen LogP contribution >= 0.6 is 11.6 Å². The minimum absolute atomic E-state index is 0.289. The molecule has 1 fully saturated rings. The van der Waals surface area contributed by atoms with Gasteiger partial charge in [0.2, 0.25) is 0 Å². The number of halogens is 2. The van der Waals surface area contributed by atoms with Gasteiger partial charge < -0.3 is 4.74 Å². The van der Waals surface area contributed by atoms with Gasteiger partial charge in [-0.25, -0.2) is 4.39 Å². The van der Waals surface area contributed by atoms with Crippen LogP contribution in [0.2, 0.25) is 5.02 Å². The molecule has 0 radical (unpaired) electrons. The van der Waals surface area contributed by atoms with E-state index in [2.05, 4.69) is 0 Å². The topological polar surface area (TPSA) is 12.5 Å². The van der Waals surface area contributed by atoms with Crippen molar-refractivity contribution >= 4 is 11.6 Å². The van der Waals surface area contributed by atoms with Crippen LogP contribution in [0.15, 0.2) is 18.2 Å². The van der Waals surface area contributed by atoms with E-state index in [0.29, 0.717) is 17.2 Å². The van der Waals surface area contributed by atoms with Gasteiger partial charge in [0.05, 0.1) is 6.61 Å². The van der Waals surface area contributed by atoms with Crippen LogP contribution in [-0.4, -0.2) is 6.61 Å². The van der Waals surface area contributed by atoms with E-state index in [1.165, 1.54) is 6.07 Å². The highest BCUT2D eigenvalue weighted by Crippen LogP contribution is 2.39. The predicted octanol–water partition coefficient (Wildman–Crippen LogP) is 2.72. The molecule has 1 aromatic rings. The minimum atomic E-state index is -0.408. The quantitative estimate of drug-likeness (QED) is 0.615. The Balaban J connectivity index is 2.45. The lowest BCUT2D eigenvalue weighted by atomic mass is 10.0. The maximum atomic E-state index is 13.2. The summed E-state index contributed by atoms with van der Waals surface area (Å²) in [4.78, 5) is 0. The van der Waals surface area contributed by atoms with Crippen molar-refractivity contribution in [3.63, 3.8) is 0 Å². The zero-order valence-corrected chi connectivity index (χ0v) is 7.36. The molecule has 12 heavy (non-hydrogen) atoms. The average molecular weight is 187 g/mol. The van der Waals surface area contributed by atoms with Crippen molar-refractivity contribution in [2.24, 2.45) is 0 Å². The molecular formula is C9H8ClFO. The maximum absolute atomic E-state index is 13.2. The Morgan fingerprint density at radius 3 is 2.75 bits per heavy atom. The van der Waals surface area contributed by atoms with Crippen molar-refractivity contribution in [3.8, 4) is 0 Å². The molecule has 0 amide bonds. The van der Waals surface area contributed by atoms with Crippen LogP contribution in [0.4, 0.5) is 4.39 Å². The second kappa shape index (κ2) is 2.44. The average Bonchev–Trinajstić information content (AvgIpc) is 2.68. The molecule has 0 aliphatic carbocycles. The Labute approximate surface area is 75.1 Å². The van der Waals surface area contributed by atoms with Crippen molar-refractivity contribution in [3.05, 3.63) is 34.6 Å². The summed E-state index contributed by atoms with van der Waals surface area (Å²) in [5, 5.41) is 0.417. The molecule has 0 aromatic heterocycles. The summed E-state index contributed by atoms with van der Waals surface area (Å²) < 4.78 is 18.3. The zero-order valence-electron chi connectivity index (χ0n) is 6.60. The first kappa shape index (κ1) is 8.02. The maximum Gasteiger partial charge on any atom is 0.130 e. The summed E-state index contributed by atoms with van der Waals surface area (Å²) in [6.45, 7) is 2.45. The van der Waals surface area contributed by atoms with E-state index in [9.17, 15) is 4.39 Å². The van der Waals surface area contributed by atoms with Gasteiger partial charge in [0, 0.05) is 10.6 Å². The largest absolute Gasteiger partial charge is 0.365 e. The van der Waals surface area contributed by atoms with Crippen LogP contribution in [-0.2, 0) is 10.3 Å². The van der Waals surface area contributed by atoms with Crippen molar-refractivity contribution in [1.82, 2.24) is 0 Å². The first-order valence-corrected chi connectivity index (χ1v) is 4.09. The van der Waals surface area contributed by atoms with Crippen LogP contribution in [0.5, 0.6) is 0 Å². The molecule has 1 aliphatic rings. The summed E-state index contributed by atoms with van der Waals surface area (Å²) in [6, 6.07) is 4.65. The van der Waals surface area contributed by atoms with E-state index in [1.54, 1.807) is 12.1 Å². The van der Waals surface area contributed by atoms with Crippen molar-refractivity contribution < 1.29 is 9.13 Å². The summed E-state index contributed by atoms with van der Waals surface area (Å²) in [7, 11) is 0. The number of ether oxygens (including phenoxy) is 1. The van der Waals surface area contributed by atoms with Gasteiger partial charge in [0.1, 0.15) is 11.4 Å². The molecule has 1 aliphatic heterocycles. The Kier molecular flexibility index (Phi) is 1.63. The molecule has 0 N–H and O–H groups in total. The van der Waals surface area contributed by atoms with Gasteiger partial charge in [0.25, 0.3) is 0 Å². The Bertz CT molecular complexity index is 320. The molecule has 1 atom stereocenters. The number of hydrogen-bond donors (Lipinski definition) is 0.